The number of rotatable bonds is 2. The van der Waals surface area contributed by atoms with Gasteiger partial charge in [0.15, 0.2) is 0 Å². The van der Waals surface area contributed by atoms with Crippen molar-refractivity contribution >= 4 is 23.1 Å². The quantitative estimate of drug-likeness (QED) is 0.856. The predicted octanol–water partition coefficient (Wildman–Crippen LogP) is 4.85. The zero-order valence-corrected chi connectivity index (χ0v) is 15.1. The number of hydrogen-bond acceptors (Lipinski definition) is 3. The van der Waals surface area contributed by atoms with Crippen LogP contribution in [-0.2, 0) is 12.8 Å². The van der Waals surface area contributed by atoms with Gasteiger partial charge in [-0.25, -0.2) is 4.98 Å². The van der Waals surface area contributed by atoms with Gasteiger partial charge in [0.25, 0.3) is 5.91 Å². The average molecular weight is 328 g/mol. The normalized spacial score (nSPS) is 17.7. The SMILES string of the molecule is Cc1ccc(NC(=O)c2csc3c2CCC(C(C)(C)C)C3)nc1. The average Bonchev–Trinajstić information content (AvgIpc) is 2.92. The van der Waals surface area contributed by atoms with E-state index in [1.54, 1.807) is 17.5 Å². The summed E-state index contributed by atoms with van der Waals surface area (Å²) in [6.45, 7) is 8.92. The molecule has 0 radical (unpaired) electrons. The van der Waals surface area contributed by atoms with E-state index in [1.807, 2.05) is 24.4 Å². The number of carbonyl (C=O) groups is 1. The second kappa shape index (κ2) is 6.08. The van der Waals surface area contributed by atoms with Gasteiger partial charge in [0.2, 0.25) is 0 Å². The molecule has 0 spiro atoms. The molecule has 2 aromatic rings. The molecule has 23 heavy (non-hydrogen) atoms. The van der Waals surface area contributed by atoms with Crippen LogP contribution in [0.5, 0.6) is 0 Å². The van der Waals surface area contributed by atoms with Gasteiger partial charge in [-0.2, -0.15) is 0 Å². The van der Waals surface area contributed by atoms with Gasteiger partial charge < -0.3 is 5.32 Å². The first-order valence-corrected chi connectivity index (χ1v) is 9.06. The van der Waals surface area contributed by atoms with Gasteiger partial charge in [-0.1, -0.05) is 26.8 Å². The van der Waals surface area contributed by atoms with E-state index >= 15 is 0 Å². The fourth-order valence-corrected chi connectivity index (χ4v) is 4.33. The van der Waals surface area contributed by atoms with Crippen LogP contribution in [0.25, 0.3) is 0 Å². The standard InChI is InChI=1S/C19H24N2OS/c1-12-5-8-17(20-10-12)21-18(22)15-11-23-16-9-13(19(2,3)4)6-7-14(15)16/h5,8,10-11,13H,6-7,9H2,1-4H3,(H,20,21,22). The lowest BCUT2D eigenvalue weighted by atomic mass is 9.72. The number of pyridine rings is 1. The fraction of sp³-hybridized carbons (Fsp3) is 0.474. The molecule has 2 heterocycles. The van der Waals surface area contributed by atoms with Crippen LogP contribution < -0.4 is 5.32 Å². The third-order valence-electron chi connectivity index (χ3n) is 4.78. The summed E-state index contributed by atoms with van der Waals surface area (Å²) >= 11 is 1.73. The minimum absolute atomic E-state index is 0.0342. The van der Waals surface area contributed by atoms with Crippen LogP contribution in [0.1, 0.15) is 53.6 Å². The van der Waals surface area contributed by atoms with Crippen LogP contribution in [-0.4, -0.2) is 10.9 Å². The van der Waals surface area contributed by atoms with E-state index in [2.05, 4.69) is 31.1 Å². The lowest BCUT2D eigenvalue weighted by Gasteiger charge is -2.34. The Morgan fingerprint density at radius 3 is 2.78 bits per heavy atom. The molecular weight excluding hydrogens is 304 g/mol. The summed E-state index contributed by atoms with van der Waals surface area (Å²) in [4.78, 5) is 18.2. The predicted molar refractivity (Wildman–Crippen MR) is 96.2 cm³/mol. The number of hydrogen-bond donors (Lipinski definition) is 1. The van der Waals surface area contributed by atoms with E-state index in [0.29, 0.717) is 17.2 Å². The molecular formula is C19H24N2OS. The minimum atomic E-state index is -0.0342. The van der Waals surface area contributed by atoms with Crippen molar-refractivity contribution < 1.29 is 4.79 Å². The molecule has 2 aromatic heterocycles. The summed E-state index contributed by atoms with van der Waals surface area (Å²) in [5.74, 6) is 1.28. The van der Waals surface area contributed by atoms with Crippen LogP contribution in [0.4, 0.5) is 5.82 Å². The van der Waals surface area contributed by atoms with Gasteiger partial charge in [-0.15, -0.1) is 11.3 Å². The molecule has 0 fully saturated rings. The van der Waals surface area contributed by atoms with E-state index < -0.39 is 0 Å². The van der Waals surface area contributed by atoms with Crippen molar-refractivity contribution in [2.24, 2.45) is 11.3 Å². The molecule has 1 atom stereocenters. The van der Waals surface area contributed by atoms with Crippen molar-refractivity contribution in [1.82, 2.24) is 4.98 Å². The van der Waals surface area contributed by atoms with E-state index in [1.165, 1.54) is 10.4 Å². The number of fused-ring (bicyclic) bond motifs is 1. The first-order valence-electron chi connectivity index (χ1n) is 8.18. The highest BCUT2D eigenvalue weighted by atomic mass is 32.1. The number of aromatic nitrogens is 1. The highest BCUT2D eigenvalue weighted by molar-refractivity contribution is 7.10. The van der Waals surface area contributed by atoms with Crippen molar-refractivity contribution in [1.29, 1.82) is 0 Å². The number of carbonyl (C=O) groups excluding carboxylic acids is 1. The summed E-state index contributed by atoms with van der Waals surface area (Å²) in [5, 5.41) is 4.93. The second-order valence-electron chi connectivity index (χ2n) is 7.53. The first-order chi connectivity index (χ1) is 10.8. The van der Waals surface area contributed by atoms with Crippen LogP contribution in [0, 0.1) is 18.3 Å². The third-order valence-corrected chi connectivity index (χ3v) is 5.83. The summed E-state index contributed by atoms with van der Waals surface area (Å²) in [5.41, 5.74) is 3.50. The zero-order valence-electron chi connectivity index (χ0n) is 14.3. The van der Waals surface area contributed by atoms with Crippen LogP contribution in [0.2, 0.25) is 0 Å². The molecule has 0 saturated heterocycles. The summed E-state index contributed by atoms with van der Waals surface area (Å²) in [6, 6.07) is 3.81. The molecule has 1 aliphatic carbocycles. The van der Waals surface area contributed by atoms with Crippen molar-refractivity contribution in [2.75, 3.05) is 5.32 Å². The van der Waals surface area contributed by atoms with Gasteiger partial charge >= 0.3 is 0 Å². The van der Waals surface area contributed by atoms with Crippen LogP contribution in [0.3, 0.4) is 0 Å². The van der Waals surface area contributed by atoms with Gasteiger partial charge in [0, 0.05) is 16.5 Å². The van der Waals surface area contributed by atoms with Gasteiger partial charge in [-0.3, -0.25) is 4.79 Å². The van der Waals surface area contributed by atoms with E-state index in [4.69, 9.17) is 0 Å². The van der Waals surface area contributed by atoms with E-state index in [9.17, 15) is 4.79 Å². The molecule has 1 aliphatic rings. The number of nitrogens with one attached hydrogen (secondary N) is 1. The van der Waals surface area contributed by atoms with Crippen LogP contribution >= 0.6 is 11.3 Å². The van der Waals surface area contributed by atoms with Crippen LogP contribution in [0.15, 0.2) is 23.7 Å². The monoisotopic (exact) mass is 328 g/mol. The Morgan fingerprint density at radius 2 is 2.13 bits per heavy atom. The fourth-order valence-electron chi connectivity index (χ4n) is 3.17. The smallest absolute Gasteiger partial charge is 0.257 e. The second-order valence-corrected chi connectivity index (χ2v) is 8.50. The van der Waals surface area contributed by atoms with Crippen molar-refractivity contribution in [2.45, 2.75) is 47.0 Å². The van der Waals surface area contributed by atoms with Crippen molar-refractivity contribution in [3.05, 3.63) is 45.3 Å². The number of thiophene rings is 1. The number of amides is 1. The largest absolute Gasteiger partial charge is 0.307 e. The first kappa shape index (κ1) is 16.2. The maximum absolute atomic E-state index is 12.6. The molecule has 4 heteroatoms. The number of anilines is 1. The van der Waals surface area contributed by atoms with E-state index in [-0.39, 0.29) is 5.91 Å². The molecule has 0 aliphatic heterocycles. The topological polar surface area (TPSA) is 42.0 Å². The summed E-state index contributed by atoms with van der Waals surface area (Å²) in [7, 11) is 0. The molecule has 1 amide bonds. The van der Waals surface area contributed by atoms with Crippen molar-refractivity contribution in [3.63, 3.8) is 0 Å². The Kier molecular flexibility index (Phi) is 4.28. The number of nitrogens with zero attached hydrogens (tertiary/aromatic N) is 1. The molecule has 3 rings (SSSR count). The van der Waals surface area contributed by atoms with Gasteiger partial charge in [-0.05, 0) is 54.7 Å². The Morgan fingerprint density at radius 1 is 1.35 bits per heavy atom. The Hall–Kier alpha value is -1.68. The maximum atomic E-state index is 12.6. The Bertz CT molecular complexity index is 710. The molecule has 3 nitrogen and oxygen atoms in total. The zero-order chi connectivity index (χ0) is 16.6. The van der Waals surface area contributed by atoms with Gasteiger partial charge in [0.05, 0.1) is 5.56 Å². The lowest BCUT2D eigenvalue weighted by Crippen LogP contribution is -2.27. The Balaban J connectivity index is 1.76. The third kappa shape index (κ3) is 3.47. The van der Waals surface area contributed by atoms with E-state index in [0.717, 1.165) is 30.4 Å². The lowest BCUT2D eigenvalue weighted by molar-refractivity contribution is 0.102. The molecule has 0 bridgehead atoms. The summed E-state index contributed by atoms with van der Waals surface area (Å²) in [6.07, 6.45) is 5.04. The maximum Gasteiger partial charge on any atom is 0.257 e. The highest BCUT2D eigenvalue weighted by Gasteiger charge is 2.31. The molecule has 1 N–H and O–H groups in total. The highest BCUT2D eigenvalue weighted by Crippen LogP contribution is 2.40. The molecule has 0 saturated carbocycles. The van der Waals surface area contributed by atoms with Crippen molar-refractivity contribution in [3.8, 4) is 0 Å². The number of aryl methyl sites for hydroxylation is 1. The molecule has 0 aromatic carbocycles. The summed E-state index contributed by atoms with van der Waals surface area (Å²) < 4.78 is 0. The minimum Gasteiger partial charge on any atom is -0.307 e. The molecule has 122 valence electrons. The van der Waals surface area contributed by atoms with Gasteiger partial charge in [0.1, 0.15) is 5.82 Å². The molecule has 1 unspecified atom stereocenters. The Labute approximate surface area is 142 Å².